The summed E-state index contributed by atoms with van der Waals surface area (Å²) in [7, 11) is -3.41. The summed E-state index contributed by atoms with van der Waals surface area (Å²) in [6.07, 6.45) is 1.01. The molecule has 1 saturated heterocycles. The fourth-order valence-electron chi connectivity index (χ4n) is 3.71. The molecule has 3 rings (SSSR count). The molecule has 1 heterocycles. The number of benzene rings is 2. The normalized spacial score (nSPS) is 17.6. The number of carbonyl (C=O) groups excluding carboxylic acids is 1. The number of sulfone groups is 1. The van der Waals surface area contributed by atoms with Gasteiger partial charge in [-0.3, -0.25) is 9.69 Å². The molecule has 0 amide bonds. The van der Waals surface area contributed by atoms with Gasteiger partial charge in [0.05, 0.1) is 16.8 Å². The van der Waals surface area contributed by atoms with Crippen molar-refractivity contribution < 1.29 is 17.9 Å². The molecule has 1 aliphatic heterocycles. The molecule has 5 nitrogen and oxygen atoms in total. The summed E-state index contributed by atoms with van der Waals surface area (Å²) in [5.74, 6) is 0.955. The maximum absolute atomic E-state index is 12.8. The van der Waals surface area contributed by atoms with Crippen LogP contribution in [0.3, 0.4) is 0 Å². The number of rotatable bonds is 8. The molecule has 0 N–H and O–H groups in total. The second-order valence-electron chi connectivity index (χ2n) is 8.07. The Morgan fingerprint density at radius 3 is 2.55 bits per heavy atom. The maximum Gasteiger partial charge on any atom is 0.178 e. The van der Waals surface area contributed by atoms with Crippen LogP contribution in [0.15, 0.2) is 53.4 Å². The van der Waals surface area contributed by atoms with Crippen LogP contribution in [0.5, 0.6) is 5.75 Å². The molecule has 0 unspecified atom stereocenters. The zero-order valence-corrected chi connectivity index (χ0v) is 18.1. The van der Waals surface area contributed by atoms with Crippen LogP contribution in [0.4, 0.5) is 0 Å². The number of nitrogens with zero attached hydrogens (tertiary/aromatic N) is 1. The molecule has 1 aliphatic rings. The lowest BCUT2D eigenvalue weighted by molar-refractivity contribution is 0.101. The Bertz CT molecular complexity index is 951. The van der Waals surface area contributed by atoms with Gasteiger partial charge in [0.1, 0.15) is 5.75 Å². The molecule has 156 valence electrons. The topological polar surface area (TPSA) is 63.7 Å². The Labute approximate surface area is 173 Å². The first-order chi connectivity index (χ1) is 13.7. The predicted octanol–water partition coefficient (Wildman–Crippen LogP) is 3.97. The highest BCUT2D eigenvalue weighted by Crippen LogP contribution is 2.24. The first-order valence-electron chi connectivity index (χ1n) is 10.0. The van der Waals surface area contributed by atoms with E-state index >= 15 is 0 Å². The summed E-state index contributed by atoms with van der Waals surface area (Å²) in [6, 6.07) is 14.4. The minimum absolute atomic E-state index is 0.101. The van der Waals surface area contributed by atoms with Crippen molar-refractivity contribution in [2.24, 2.45) is 5.92 Å². The van der Waals surface area contributed by atoms with Gasteiger partial charge in [-0.05, 0) is 69.5 Å². The van der Waals surface area contributed by atoms with Gasteiger partial charge in [0.2, 0.25) is 0 Å². The van der Waals surface area contributed by atoms with Gasteiger partial charge in [-0.15, -0.1) is 0 Å². The number of hydrogen-bond donors (Lipinski definition) is 0. The van der Waals surface area contributed by atoms with Gasteiger partial charge in [-0.25, -0.2) is 8.42 Å². The fourth-order valence-corrected chi connectivity index (χ4v) is 5.39. The quantitative estimate of drug-likeness (QED) is 0.611. The van der Waals surface area contributed by atoms with E-state index in [2.05, 4.69) is 17.0 Å². The van der Waals surface area contributed by atoms with E-state index in [0.29, 0.717) is 5.56 Å². The lowest BCUT2D eigenvalue weighted by atomic mass is 10.1. The fraction of sp³-hybridized carbons (Fsp3) is 0.435. The summed E-state index contributed by atoms with van der Waals surface area (Å²) in [5, 5.41) is 0. The smallest absolute Gasteiger partial charge is 0.178 e. The van der Waals surface area contributed by atoms with Gasteiger partial charge in [0, 0.05) is 18.7 Å². The summed E-state index contributed by atoms with van der Waals surface area (Å²) in [4.78, 5) is 14.1. The van der Waals surface area contributed by atoms with E-state index in [-0.39, 0.29) is 28.5 Å². The predicted molar refractivity (Wildman–Crippen MR) is 114 cm³/mol. The summed E-state index contributed by atoms with van der Waals surface area (Å²) >= 11 is 0. The molecule has 0 saturated carbocycles. The van der Waals surface area contributed by atoms with Crippen LogP contribution < -0.4 is 4.74 Å². The molecule has 2 aromatic carbocycles. The van der Waals surface area contributed by atoms with Crippen LogP contribution in [0, 0.1) is 5.92 Å². The number of Topliss-reactive ketones (excluding diaryl/α,β-unsaturated/α-hetero) is 1. The Morgan fingerprint density at radius 1 is 1.17 bits per heavy atom. The van der Waals surface area contributed by atoms with Crippen LogP contribution in [-0.2, 0) is 16.4 Å². The molecular weight excluding hydrogens is 386 g/mol. The first-order valence-corrected chi connectivity index (χ1v) is 11.7. The molecule has 2 aromatic rings. The van der Waals surface area contributed by atoms with Crippen LogP contribution in [-0.4, -0.2) is 44.0 Å². The average Bonchev–Trinajstić information content (AvgIpc) is 3.09. The second-order valence-corrected chi connectivity index (χ2v) is 10.1. The third kappa shape index (κ3) is 5.90. The molecule has 0 aliphatic carbocycles. The first kappa shape index (κ1) is 21.5. The van der Waals surface area contributed by atoms with Crippen LogP contribution in [0.1, 0.15) is 43.1 Å². The Hall–Kier alpha value is -2.18. The Balaban J connectivity index is 1.58. The third-order valence-electron chi connectivity index (χ3n) is 5.13. The van der Waals surface area contributed by atoms with E-state index in [0.717, 1.165) is 31.8 Å². The van der Waals surface area contributed by atoms with Crippen molar-refractivity contribution in [3.63, 3.8) is 0 Å². The number of ether oxygens (including phenoxy) is 1. The lowest BCUT2D eigenvalue weighted by Crippen LogP contribution is -2.23. The van der Waals surface area contributed by atoms with Gasteiger partial charge in [0.15, 0.2) is 15.6 Å². The molecule has 0 aromatic heterocycles. The third-order valence-corrected chi connectivity index (χ3v) is 7.01. The lowest BCUT2D eigenvalue weighted by Gasteiger charge is -2.17. The molecule has 0 radical (unpaired) electrons. The van der Waals surface area contributed by atoms with Gasteiger partial charge < -0.3 is 4.74 Å². The van der Waals surface area contributed by atoms with Gasteiger partial charge in [0.25, 0.3) is 0 Å². The molecule has 29 heavy (non-hydrogen) atoms. The highest BCUT2D eigenvalue weighted by Gasteiger charge is 2.28. The monoisotopic (exact) mass is 415 g/mol. The summed E-state index contributed by atoms with van der Waals surface area (Å²) < 4.78 is 31.3. The average molecular weight is 416 g/mol. The molecule has 1 fully saturated rings. The zero-order valence-electron chi connectivity index (χ0n) is 17.3. The van der Waals surface area contributed by atoms with Crippen molar-refractivity contribution in [1.29, 1.82) is 0 Å². The molecular formula is C23H29NO4S. The minimum atomic E-state index is -3.41. The number of likely N-dealkylation sites (tertiary alicyclic amines) is 1. The maximum atomic E-state index is 12.8. The van der Waals surface area contributed by atoms with Crippen molar-refractivity contribution in [1.82, 2.24) is 4.90 Å². The number of hydrogen-bond acceptors (Lipinski definition) is 5. The van der Waals surface area contributed by atoms with Crippen molar-refractivity contribution in [3.8, 4) is 5.75 Å². The van der Waals surface area contributed by atoms with Crippen molar-refractivity contribution in [2.45, 2.75) is 44.7 Å². The van der Waals surface area contributed by atoms with Crippen molar-refractivity contribution in [2.75, 3.05) is 18.8 Å². The Morgan fingerprint density at radius 2 is 1.90 bits per heavy atom. The van der Waals surface area contributed by atoms with E-state index in [1.165, 1.54) is 18.6 Å². The molecule has 1 atom stereocenters. The SMILES string of the molecule is CC(=O)c1cccc(S(=O)(=O)C[C@@H]2CCN(Cc3ccc(OC(C)C)cc3)C2)c1. The van der Waals surface area contributed by atoms with Gasteiger partial charge in [-0.1, -0.05) is 24.3 Å². The Kier molecular flexibility index (Phi) is 6.75. The zero-order chi connectivity index (χ0) is 21.0. The van der Waals surface area contributed by atoms with Gasteiger partial charge in [-0.2, -0.15) is 0 Å². The molecule has 0 bridgehead atoms. The second kappa shape index (κ2) is 9.09. The summed E-state index contributed by atoms with van der Waals surface area (Å²) in [6.45, 7) is 7.90. The van der Waals surface area contributed by atoms with Crippen LogP contribution in [0.25, 0.3) is 0 Å². The molecule has 6 heteroatoms. The van der Waals surface area contributed by atoms with E-state index in [4.69, 9.17) is 4.74 Å². The van der Waals surface area contributed by atoms with Crippen LogP contribution in [0.2, 0.25) is 0 Å². The largest absolute Gasteiger partial charge is 0.491 e. The van der Waals surface area contributed by atoms with E-state index < -0.39 is 9.84 Å². The van der Waals surface area contributed by atoms with E-state index in [9.17, 15) is 13.2 Å². The van der Waals surface area contributed by atoms with Crippen molar-refractivity contribution >= 4 is 15.6 Å². The highest BCUT2D eigenvalue weighted by molar-refractivity contribution is 7.91. The van der Waals surface area contributed by atoms with E-state index in [1.54, 1.807) is 18.2 Å². The number of ketones is 1. The van der Waals surface area contributed by atoms with Crippen molar-refractivity contribution in [3.05, 3.63) is 59.7 Å². The minimum Gasteiger partial charge on any atom is -0.491 e. The van der Waals surface area contributed by atoms with E-state index in [1.807, 2.05) is 26.0 Å². The number of carbonyl (C=O) groups is 1. The van der Waals surface area contributed by atoms with Gasteiger partial charge >= 0.3 is 0 Å². The molecule has 0 spiro atoms. The van der Waals surface area contributed by atoms with Crippen LogP contribution >= 0.6 is 0 Å². The standard InChI is InChI=1S/C23H29NO4S/c1-17(2)28-22-9-7-19(8-10-22)14-24-12-11-20(15-24)16-29(26,27)23-6-4-5-21(13-23)18(3)25/h4-10,13,17,20H,11-12,14-16H2,1-3H3/t20-/m1/s1. The summed E-state index contributed by atoms with van der Waals surface area (Å²) in [5.41, 5.74) is 1.63. The highest BCUT2D eigenvalue weighted by atomic mass is 32.2.